The lowest BCUT2D eigenvalue weighted by Crippen LogP contribution is -2.55. The fourth-order valence-electron chi connectivity index (χ4n) is 3.25. The van der Waals surface area contributed by atoms with Gasteiger partial charge in [-0.15, -0.1) is 0 Å². The molecule has 0 aromatic heterocycles. The van der Waals surface area contributed by atoms with Gasteiger partial charge in [-0.3, -0.25) is 4.79 Å². The maximum atomic E-state index is 12.3. The summed E-state index contributed by atoms with van der Waals surface area (Å²) < 4.78 is 0. The minimum absolute atomic E-state index is 0.161. The van der Waals surface area contributed by atoms with Crippen molar-refractivity contribution in [3.8, 4) is 0 Å². The van der Waals surface area contributed by atoms with Gasteiger partial charge in [0.05, 0.1) is 10.5 Å². The molecule has 17 heavy (non-hydrogen) atoms. The Morgan fingerprint density at radius 3 is 2.59 bits per heavy atom. The number of carbonyl (C=O) groups excluding carboxylic acids is 1. The van der Waals surface area contributed by atoms with Gasteiger partial charge in [-0.2, -0.15) is 0 Å². The SMILES string of the molecule is CCC(C)(NC(=O)C1CC2CCC1C2)C(N)=S. The first-order valence-corrected chi connectivity index (χ1v) is 6.99. The van der Waals surface area contributed by atoms with E-state index in [4.69, 9.17) is 18.0 Å². The third-order valence-corrected chi connectivity index (χ3v) is 5.18. The van der Waals surface area contributed by atoms with E-state index in [0.29, 0.717) is 10.9 Å². The fraction of sp³-hybridized carbons (Fsp3) is 0.846. The van der Waals surface area contributed by atoms with Gasteiger partial charge in [0.15, 0.2) is 0 Å². The van der Waals surface area contributed by atoms with E-state index in [1.54, 1.807) is 0 Å². The van der Waals surface area contributed by atoms with Crippen molar-refractivity contribution in [2.45, 2.75) is 51.5 Å². The molecule has 4 heteroatoms. The highest BCUT2D eigenvalue weighted by atomic mass is 32.1. The van der Waals surface area contributed by atoms with Crippen molar-refractivity contribution in [3.05, 3.63) is 0 Å². The molecule has 2 bridgehead atoms. The third kappa shape index (κ3) is 2.32. The molecule has 4 unspecified atom stereocenters. The van der Waals surface area contributed by atoms with Crippen LogP contribution in [0.15, 0.2) is 0 Å². The second-order valence-corrected chi connectivity index (χ2v) is 6.26. The molecular weight excluding hydrogens is 232 g/mol. The molecule has 0 heterocycles. The number of hydrogen-bond donors (Lipinski definition) is 2. The van der Waals surface area contributed by atoms with Crippen LogP contribution in [0.1, 0.15) is 46.0 Å². The summed E-state index contributed by atoms with van der Waals surface area (Å²) in [5, 5.41) is 3.06. The Balaban J connectivity index is 1.99. The molecule has 0 spiro atoms. The van der Waals surface area contributed by atoms with Gasteiger partial charge in [0, 0.05) is 5.92 Å². The van der Waals surface area contributed by atoms with Gasteiger partial charge in [-0.1, -0.05) is 25.6 Å². The molecular formula is C13H22N2OS. The van der Waals surface area contributed by atoms with Crippen LogP contribution in [0.4, 0.5) is 0 Å². The zero-order valence-corrected chi connectivity index (χ0v) is 11.5. The molecule has 2 aliphatic rings. The molecule has 0 aliphatic heterocycles. The monoisotopic (exact) mass is 254 g/mol. The van der Waals surface area contributed by atoms with Crippen LogP contribution < -0.4 is 11.1 Å². The van der Waals surface area contributed by atoms with Gasteiger partial charge in [0.2, 0.25) is 5.91 Å². The Labute approximate surface area is 109 Å². The Hall–Kier alpha value is -0.640. The molecule has 96 valence electrons. The maximum absolute atomic E-state index is 12.3. The highest BCUT2D eigenvalue weighted by Gasteiger charge is 2.44. The Kier molecular flexibility index (Phi) is 3.43. The minimum atomic E-state index is -0.520. The topological polar surface area (TPSA) is 55.1 Å². The molecule has 2 fully saturated rings. The molecule has 0 aromatic rings. The van der Waals surface area contributed by atoms with Crippen LogP contribution in [0.5, 0.6) is 0 Å². The van der Waals surface area contributed by atoms with E-state index in [2.05, 4.69) is 5.32 Å². The lowest BCUT2D eigenvalue weighted by molar-refractivity contribution is -0.127. The number of hydrogen-bond acceptors (Lipinski definition) is 2. The van der Waals surface area contributed by atoms with Crippen molar-refractivity contribution in [3.63, 3.8) is 0 Å². The van der Waals surface area contributed by atoms with Crippen LogP contribution in [0.25, 0.3) is 0 Å². The number of fused-ring (bicyclic) bond motifs is 2. The average Bonchev–Trinajstić information content (AvgIpc) is 2.90. The van der Waals surface area contributed by atoms with Crippen molar-refractivity contribution < 1.29 is 4.79 Å². The third-order valence-electron chi connectivity index (χ3n) is 4.72. The van der Waals surface area contributed by atoms with Crippen LogP contribution in [0.2, 0.25) is 0 Å². The van der Waals surface area contributed by atoms with E-state index >= 15 is 0 Å². The van der Waals surface area contributed by atoms with E-state index < -0.39 is 5.54 Å². The zero-order chi connectivity index (χ0) is 12.6. The predicted molar refractivity (Wildman–Crippen MR) is 72.6 cm³/mol. The first-order chi connectivity index (χ1) is 7.96. The molecule has 2 aliphatic carbocycles. The first-order valence-electron chi connectivity index (χ1n) is 6.58. The molecule has 4 atom stereocenters. The van der Waals surface area contributed by atoms with Gasteiger partial charge in [0.1, 0.15) is 0 Å². The number of nitrogens with two attached hydrogens (primary N) is 1. The minimum Gasteiger partial charge on any atom is -0.391 e. The summed E-state index contributed by atoms with van der Waals surface area (Å²) in [6.45, 7) is 3.92. The summed E-state index contributed by atoms with van der Waals surface area (Å²) in [5.41, 5.74) is 5.20. The quantitative estimate of drug-likeness (QED) is 0.754. The smallest absolute Gasteiger partial charge is 0.224 e. The fourth-order valence-corrected chi connectivity index (χ4v) is 3.45. The average molecular weight is 254 g/mol. The molecule has 3 N–H and O–H groups in total. The number of amides is 1. The highest BCUT2D eigenvalue weighted by molar-refractivity contribution is 7.80. The van der Waals surface area contributed by atoms with E-state index in [-0.39, 0.29) is 11.8 Å². The molecule has 0 saturated heterocycles. The van der Waals surface area contributed by atoms with E-state index in [1.165, 1.54) is 19.3 Å². The van der Waals surface area contributed by atoms with Crippen LogP contribution in [-0.4, -0.2) is 16.4 Å². The molecule has 2 rings (SSSR count). The van der Waals surface area contributed by atoms with Crippen LogP contribution in [0.3, 0.4) is 0 Å². The maximum Gasteiger partial charge on any atom is 0.224 e. The summed E-state index contributed by atoms with van der Waals surface area (Å²) in [6.07, 6.45) is 5.59. The van der Waals surface area contributed by atoms with E-state index in [1.807, 2.05) is 13.8 Å². The van der Waals surface area contributed by atoms with Gasteiger partial charge in [-0.05, 0) is 44.4 Å². The normalized spacial score (nSPS) is 34.4. The Morgan fingerprint density at radius 1 is 1.47 bits per heavy atom. The summed E-state index contributed by atoms with van der Waals surface area (Å²) in [6, 6.07) is 0. The van der Waals surface area contributed by atoms with Crippen LogP contribution in [-0.2, 0) is 4.79 Å². The van der Waals surface area contributed by atoms with Gasteiger partial charge in [0.25, 0.3) is 0 Å². The van der Waals surface area contributed by atoms with Crippen molar-refractivity contribution in [1.29, 1.82) is 0 Å². The lowest BCUT2D eigenvalue weighted by Gasteiger charge is -2.31. The van der Waals surface area contributed by atoms with Crippen molar-refractivity contribution in [1.82, 2.24) is 5.32 Å². The standard InChI is InChI=1S/C13H22N2OS/c1-3-13(2,12(14)17)15-11(16)10-7-8-4-5-9(10)6-8/h8-10H,3-7H2,1-2H3,(H2,14,17)(H,15,16). The van der Waals surface area contributed by atoms with Crippen molar-refractivity contribution in [2.24, 2.45) is 23.5 Å². The molecule has 2 saturated carbocycles. The summed E-state index contributed by atoms with van der Waals surface area (Å²) in [4.78, 5) is 12.7. The number of rotatable bonds is 4. The molecule has 0 radical (unpaired) electrons. The van der Waals surface area contributed by atoms with E-state index in [0.717, 1.165) is 18.8 Å². The summed E-state index contributed by atoms with van der Waals surface area (Å²) >= 11 is 5.05. The highest BCUT2D eigenvalue weighted by Crippen LogP contribution is 2.48. The van der Waals surface area contributed by atoms with E-state index in [9.17, 15) is 4.79 Å². The number of thiocarbonyl (C=S) groups is 1. The first kappa shape index (κ1) is 12.8. The van der Waals surface area contributed by atoms with Gasteiger partial charge in [-0.25, -0.2) is 0 Å². The number of carbonyl (C=O) groups is 1. The zero-order valence-electron chi connectivity index (χ0n) is 10.7. The van der Waals surface area contributed by atoms with Crippen LogP contribution in [0, 0.1) is 17.8 Å². The van der Waals surface area contributed by atoms with Crippen molar-refractivity contribution >= 4 is 23.1 Å². The van der Waals surface area contributed by atoms with Gasteiger partial charge < -0.3 is 11.1 Å². The lowest BCUT2D eigenvalue weighted by atomic mass is 9.87. The largest absolute Gasteiger partial charge is 0.391 e. The Morgan fingerprint density at radius 2 is 2.18 bits per heavy atom. The second-order valence-electron chi connectivity index (χ2n) is 5.82. The predicted octanol–water partition coefficient (Wildman–Crippen LogP) is 1.99. The number of nitrogens with one attached hydrogen (secondary N) is 1. The summed E-state index contributed by atoms with van der Waals surface area (Å²) in [5.74, 6) is 1.75. The molecule has 0 aromatic carbocycles. The van der Waals surface area contributed by atoms with Crippen LogP contribution >= 0.6 is 12.2 Å². The summed E-state index contributed by atoms with van der Waals surface area (Å²) in [7, 11) is 0. The van der Waals surface area contributed by atoms with Crippen molar-refractivity contribution in [2.75, 3.05) is 0 Å². The molecule has 1 amide bonds. The Bertz CT molecular complexity index is 344. The second kappa shape index (κ2) is 4.56. The van der Waals surface area contributed by atoms with Gasteiger partial charge >= 0.3 is 0 Å². The molecule has 3 nitrogen and oxygen atoms in total.